The second-order valence-electron chi connectivity index (χ2n) is 5.19. The zero-order valence-corrected chi connectivity index (χ0v) is 10.8. The van der Waals surface area contributed by atoms with E-state index in [1.165, 1.54) is 0 Å². The summed E-state index contributed by atoms with van der Waals surface area (Å²) in [5.74, 6) is -0.983. The Morgan fingerprint density at radius 2 is 2.16 bits per heavy atom. The Bertz CT molecular complexity index is 513. The molecule has 19 heavy (non-hydrogen) atoms. The summed E-state index contributed by atoms with van der Waals surface area (Å²) >= 11 is 0. The van der Waals surface area contributed by atoms with Gasteiger partial charge in [0.1, 0.15) is 0 Å². The molecule has 4 heteroatoms. The van der Waals surface area contributed by atoms with Crippen molar-refractivity contribution in [3.05, 3.63) is 35.4 Å². The molecule has 100 valence electrons. The maximum absolute atomic E-state index is 11.7. The fourth-order valence-electron chi connectivity index (χ4n) is 3.22. The van der Waals surface area contributed by atoms with E-state index in [9.17, 15) is 9.90 Å². The highest BCUT2D eigenvalue weighted by Crippen LogP contribution is 2.48. The third-order valence-corrected chi connectivity index (χ3v) is 4.24. The lowest BCUT2D eigenvalue weighted by Gasteiger charge is -2.33. The summed E-state index contributed by atoms with van der Waals surface area (Å²) in [5.41, 5.74) is 6.51. The monoisotopic (exact) mass is 258 g/mol. The molecule has 1 atom stereocenters. The zero-order chi connectivity index (χ0) is 13.9. The van der Waals surface area contributed by atoms with E-state index in [1.54, 1.807) is 18.2 Å². The van der Waals surface area contributed by atoms with Gasteiger partial charge in [-0.15, -0.1) is 0 Å². The number of hydrogen-bond donors (Lipinski definition) is 2. The van der Waals surface area contributed by atoms with Gasteiger partial charge in [0.15, 0.2) is 0 Å². The lowest BCUT2D eigenvalue weighted by Crippen LogP contribution is -2.38. The fraction of sp³-hybridized carbons (Fsp3) is 0.467. The van der Waals surface area contributed by atoms with Gasteiger partial charge in [-0.25, -0.2) is 0 Å². The van der Waals surface area contributed by atoms with Crippen LogP contribution in [0.1, 0.15) is 42.7 Å². The van der Waals surface area contributed by atoms with E-state index >= 15 is 0 Å². The quantitative estimate of drug-likeness (QED) is 0.867. The van der Waals surface area contributed by atoms with E-state index < -0.39 is 11.4 Å². The third kappa shape index (κ3) is 2.34. The number of rotatable bonds is 4. The van der Waals surface area contributed by atoms with Crippen molar-refractivity contribution in [2.24, 2.45) is 11.1 Å². The van der Waals surface area contributed by atoms with Crippen molar-refractivity contribution in [3.63, 3.8) is 0 Å². The van der Waals surface area contributed by atoms with Crippen LogP contribution in [-0.4, -0.2) is 17.6 Å². The number of carboxylic acid groups (broad SMARTS) is 1. The number of carbonyl (C=O) groups is 1. The van der Waals surface area contributed by atoms with Gasteiger partial charge in [-0.2, -0.15) is 5.26 Å². The molecule has 1 aromatic carbocycles. The second-order valence-corrected chi connectivity index (χ2v) is 5.19. The molecule has 1 unspecified atom stereocenters. The molecule has 1 aromatic rings. The maximum Gasteiger partial charge on any atom is 0.310 e. The Balaban J connectivity index is 2.43. The van der Waals surface area contributed by atoms with Gasteiger partial charge in [0.05, 0.1) is 17.0 Å². The molecule has 1 fully saturated rings. The molecule has 0 aromatic heterocycles. The van der Waals surface area contributed by atoms with E-state index in [0.717, 1.165) is 18.4 Å². The predicted molar refractivity (Wildman–Crippen MR) is 71.5 cm³/mol. The number of hydrogen-bond acceptors (Lipinski definition) is 3. The molecule has 0 radical (unpaired) electrons. The topological polar surface area (TPSA) is 87.1 Å². The summed E-state index contributed by atoms with van der Waals surface area (Å²) < 4.78 is 0. The van der Waals surface area contributed by atoms with Crippen molar-refractivity contribution >= 4 is 5.97 Å². The summed E-state index contributed by atoms with van der Waals surface area (Å²) in [7, 11) is 0. The van der Waals surface area contributed by atoms with Crippen LogP contribution in [0.2, 0.25) is 0 Å². The minimum atomic E-state index is -0.761. The summed E-state index contributed by atoms with van der Waals surface area (Å²) in [4.78, 5) is 11.7. The standard InChI is InChI=1S/C15H18N2O2/c16-9-11-4-3-5-12(8-11)13(10-17)15(14(18)19)6-1-2-7-15/h3-5,8,13H,1-2,6-7,10,17H2,(H,18,19). The van der Waals surface area contributed by atoms with Crippen LogP contribution in [0, 0.1) is 16.7 Å². The Kier molecular flexibility index (Phi) is 3.87. The normalized spacial score (nSPS) is 18.7. The predicted octanol–water partition coefficient (Wildman–Crippen LogP) is 2.25. The number of carboxylic acids is 1. The van der Waals surface area contributed by atoms with Crippen LogP contribution < -0.4 is 5.73 Å². The lowest BCUT2D eigenvalue weighted by atomic mass is 9.70. The molecular formula is C15H18N2O2. The van der Waals surface area contributed by atoms with Crippen molar-refractivity contribution < 1.29 is 9.90 Å². The zero-order valence-electron chi connectivity index (χ0n) is 10.8. The van der Waals surface area contributed by atoms with Crippen LogP contribution in [0.3, 0.4) is 0 Å². The molecule has 0 spiro atoms. The molecule has 1 aliphatic rings. The Hall–Kier alpha value is -1.86. The molecule has 1 aliphatic carbocycles. The molecule has 0 amide bonds. The second kappa shape index (κ2) is 5.41. The first-order valence-electron chi connectivity index (χ1n) is 6.57. The van der Waals surface area contributed by atoms with Gasteiger partial charge in [0.25, 0.3) is 0 Å². The molecule has 2 rings (SSSR count). The number of nitrogens with zero attached hydrogens (tertiary/aromatic N) is 1. The highest BCUT2D eigenvalue weighted by molar-refractivity contribution is 5.76. The van der Waals surface area contributed by atoms with Crippen molar-refractivity contribution in [1.29, 1.82) is 5.26 Å². The van der Waals surface area contributed by atoms with Crippen molar-refractivity contribution in [1.82, 2.24) is 0 Å². The van der Waals surface area contributed by atoms with Crippen LogP contribution in [0.5, 0.6) is 0 Å². The van der Waals surface area contributed by atoms with Crippen LogP contribution in [0.4, 0.5) is 0 Å². The summed E-state index contributed by atoms with van der Waals surface area (Å²) in [5, 5.41) is 18.6. The van der Waals surface area contributed by atoms with E-state index in [-0.39, 0.29) is 5.92 Å². The molecule has 0 bridgehead atoms. The van der Waals surface area contributed by atoms with Gasteiger partial charge < -0.3 is 10.8 Å². The van der Waals surface area contributed by atoms with Crippen molar-refractivity contribution in [2.75, 3.05) is 6.54 Å². The van der Waals surface area contributed by atoms with E-state index in [2.05, 4.69) is 6.07 Å². The first-order valence-corrected chi connectivity index (χ1v) is 6.57. The maximum atomic E-state index is 11.7. The third-order valence-electron chi connectivity index (χ3n) is 4.24. The number of nitriles is 1. The van der Waals surface area contributed by atoms with Crippen LogP contribution in [-0.2, 0) is 4.79 Å². The minimum absolute atomic E-state index is 0.221. The largest absolute Gasteiger partial charge is 0.481 e. The SMILES string of the molecule is N#Cc1cccc(C(CN)C2(C(=O)O)CCCC2)c1. The highest BCUT2D eigenvalue weighted by Gasteiger charge is 2.47. The molecule has 0 aliphatic heterocycles. The van der Waals surface area contributed by atoms with Crippen LogP contribution in [0.15, 0.2) is 24.3 Å². The molecule has 3 N–H and O–H groups in total. The summed E-state index contributed by atoms with van der Waals surface area (Å²) in [6.07, 6.45) is 3.20. The van der Waals surface area contributed by atoms with Crippen molar-refractivity contribution in [3.8, 4) is 6.07 Å². The smallest absolute Gasteiger partial charge is 0.310 e. The molecule has 4 nitrogen and oxygen atoms in total. The van der Waals surface area contributed by atoms with Gasteiger partial charge in [-0.1, -0.05) is 25.0 Å². The summed E-state index contributed by atoms with van der Waals surface area (Å²) in [6, 6.07) is 9.25. The minimum Gasteiger partial charge on any atom is -0.481 e. The first-order chi connectivity index (χ1) is 9.14. The van der Waals surface area contributed by atoms with Crippen LogP contribution >= 0.6 is 0 Å². The first kappa shape index (κ1) is 13.6. The van der Waals surface area contributed by atoms with Gasteiger partial charge in [-0.05, 0) is 30.5 Å². The average molecular weight is 258 g/mol. The van der Waals surface area contributed by atoms with Gasteiger partial charge >= 0.3 is 5.97 Å². The molecular weight excluding hydrogens is 240 g/mol. The molecule has 1 saturated carbocycles. The van der Waals surface area contributed by atoms with Crippen LogP contribution in [0.25, 0.3) is 0 Å². The van der Waals surface area contributed by atoms with Gasteiger partial charge in [-0.3, -0.25) is 4.79 Å². The Morgan fingerprint density at radius 3 is 2.68 bits per heavy atom. The lowest BCUT2D eigenvalue weighted by molar-refractivity contribution is -0.150. The molecule has 0 saturated heterocycles. The number of aliphatic carboxylic acids is 1. The van der Waals surface area contributed by atoms with E-state index in [0.29, 0.717) is 24.9 Å². The molecule has 0 heterocycles. The number of benzene rings is 1. The fourth-order valence-corrected chi connectivity index (χ4v) is 3.22. The van der Waals surface area contributed by atoms with E-state index in [4.69, 9.17) is 11.0 Å². The van der Waals surface area contributed by atoms with E-state index in [1.807, 2.05) is 6.07 Å². The van der Waals surface area contributed by atoms with Crippen molar-refractivity contribution in [2.45, 2.75) is 31.6 Å². The summed E-state index contributed by atoms with van der Waals surface area (Å²) in [6.45, 7) is 0.293. The average Bonchev–Trinajstić information content (AvgIpc) is 2.90. The Labute approximate surface area is 112 Å². The number of nitrogens with two attached hydrogens (primary N) is 1. The Morgan fingerprint density at radius 1 is 1.47 bits per heavy atom. The highest BCUT2D eigenvalue weighted by atomic mass is 16.4. The van der Waals surface area contributed by atoms with Gasteiger partial charge in [0, 0.05) is 12.5 Å². The van der Waals surface area contributed by atoms with Gasteiger partial charge in [0.2, 0.25) is 0 Å².